The van der Waals surface area contributed by atoms with Crippen molar-refractivity contribution < 1.29 is 4.92 Å². The number of benzene rings is 2. The van der Waals surface area contributed by atoms with Crippen molar-refractivity contribution in [1.82, 2.24) is 20.2 Å². The molecule has 0 bridgehead atoms. The summed E-state index contributed by atoms with van der Waals surface area (Å²) in [4.78, 5) is 17.9. The summed E-state index contributed by atoms with van der Waals surface area (Å²) in [5.74, 6) is 0.586. The van der Waals surface area contributed by atoms with Crippen molar-refractivity contribution in [1.29, 1.82) is 0 Å². The minimum atomic E-state index is -0.427. The van der Waals surface area contributed by atoms with E-state index in [-0.39, 0.29) is 5.69 Å². The van der Waals surface area contributed by atoms with Gasteiger partial charge in [-0.05, 0) is 12.1 Å². The number of H-pyrrole nitrogens is 2. The maximum absolute atomic E-state index is 10.8. The summed E-state index contributed by atoms with van der Waals surface area (Å²) in [7, 11) is 0. The molecule has 4 rings (SSSR count). The van der Waals surface area contributed by atoms with Gasteiger partial charge in [-0.15, -0.1) is 0 Å². The molecule has 0 aliphatic carbocycles. The fourth-order valence-electron chi connectivity index (χ4n) is 2.37. The molecule has 2 heterocycles. The third-order valence-electron chi connectivity index (χ3n) is 3.37. The molecule has 0 fully saturated rings. The van der Waals surface area contributed by atoms with Crippen molar-refractivity contribution in [3.8, 4) is 11.5 Å². The Morgan fingerprint density at radius 1 is 1.10 bits per heavy atom. The monoisotopic (exact) mass is 279 g/mol. The fourth-order valence-corrected chi connectivity index (χ4v) is 2.37. The molecular formula is C14H9N5O2. The average molecular weight is 279 g/mol. The van der Waals surface area contributed by atoms with E-state index in [2.05, 4.69) is 20.2 Å². The van der Waals surface area contributed by atoms with Crippen LogP contribution in [0.5, 0.6) is 0 Å². The van der Waals surface area contributed by atoms with Crippen molar-refractivity contribution in [2.45, 2.75) is 0 Å². The molecule has 102 valence electrons. The lowest BCUT2D eigenvalue weighted by Gasteiger charge is -1.91. The molecule has 4 aromatic rings. The molecule has 2 aromatic heterocycles. The van der Waals surface area contributed by atoms with Crippen LogP contribution in [0.25, 0.3) is 33.5 Å². The molecule has 0 aliphatic rings. The van der Waals surface area contributed by atoms with Gasteiger partial charge in [0.2, 0.25) is 0 Å². The Morgan fingerprint density at radius 3 is 2.81 bits per heavy atom. The Balaban J connectivity index is 1.92. The molecule has 0 aliphatic heterocycles. The Bertz CT molecular complexity index is 985. The zero-order chi connectivity index (χ0) is 14.4. The van der Waals surface area contributed by atoms with E-state index in [1.807, 2.05) is 24.3 Å². The Hall–Kier alpha value is -3.22. The van der Waals surface area contributed by atoms with Crippen LogP contribution >= 0.6 is 0 Å². The third-order valence-corrected chi connectivity index (χ3v) is 3.37. The van der Waals surface area contributed by atoms with Crippen molar-refractivity contribution >= 4 is 27.6 Å². The quantitative estimate of drug-likeness (QED) is 0.435. The van der Waals surface area contributed by atoms with E-state index in [0.717, 1.165) is 10.9 Å². The van der Waals surface area contributed by atoms with E-state index in [0.29, 0.717) is 22.6 Å². The molecular weight excluding hydrogens is 270 g/mol. The number of hydrogen-bond acceptors (Lipinski definition) is 4. The number of aromatic amines is 2. The number of non-ortho nitro benzene ring substituents is 1. The van der Waals surface area contributed by atoms with E-state index < -0.39 is 4.92 Å². The molecule has 0 atom stereocenters. The average Bonchev–Trinajstić information content (AvgIpc) is 3.09. The van der Waals surface area contributed by atoms with Crippen LogP contribution in [0.4, 0.5) is 5.69 Å². The van der Waals surface area contributed by atoms with E-state index in [1.165, 1.54) is 12.1 Å². The SMILES string of the molecule is O=[N+]([O-])c1ccc2nc(-c3n[nH]c4ccccc34)[nH]c2c1. The molecule has 21 heavy (non-hydrogen) atoms. The maximum atomic E-state index is 10.8. The second kappa shape index (κ2) is 4.14. The standard InChI is InChI=1S/C14H9N5O2/c20-19(21)8-5-6-11-12(7-8)16-14(15-11)13-9-3-1-2-4-10(9)17-18-13/h1-7H,(H,15,16)(H,17,18). The van der Waals surface area contributed by atoms with Crippen LogP contribution in [-0.4, -0.2) is 25.1 Å². The van der Waals surface area contributed by atoms with Crippen molar-refractivity contribution in [3.05, 3.63) is 52.6 Å². The second-order valence-electron chi connectivity index (χ2n) is 4.66. The van der Waals surface area contributed by atoms with E-state index in [4.69, 9.17) is 0 Å². The van der Waals surface area contributed by atoms with Gasteiger partial charge in [-0.3, -0.25) is 15.2 Å². The number of rotatable bonds is 2. The van der Waals surface area contributed by atoms with Crippen LogP contribution in [0.1, 0.15) is 0 Å². The summed E-state index contributed by atoms with van der Waals surface area (Å²) in [5.41, 5.74) is 2.93. The van der Waals surface area contributed by atoms with E-state index in [9.17, 15) is 10.1 Å². The number of para-hydroxylation sites is 1. The van der Waals surface area contributed by atoms with Gasteiger partial charge in [0.25, 0.3) is 5.69 Å². The Labute approximate surface area is 117 Å². The summed E-state index contributed by atoms with van der Waals surface area (Å²) in [6.45, 7) is 0. The normalized spacial score (nSPS) is 11.2. The number of fused-ring (bicyclic) bond motifs is 2. The summed E-state index contributed by atoms with van der Waals surface area (Å²) in [5, 5.41) is 19.0. The van der Waals surface area contributed by atoms with Gasteiger partial charge < -0.3 is 4.98 Å². The van der Waals surface area contributed by atoms with Crippen LogP contribution in [0.3, 0.4) is 0 Å². The van der Waals surface area contributed by atoms with Crippen LogP contribution in [0.2, 0.25) is 0 Å². The van der Waals surface area contributed by atoms with Gasteiger partial charge in [0.1, 0.15) is 5.69 Å². The van der Waals surface area contributed by atoms with Crippen LogP contribution in [0, 0.1) is 10.1 Å². The van der Waals surface area contributed by atoms with Gasteiger partial charge in [-0.25, -0.2) is 4.98 Å². The molecule has 2 aromatic carbocycles. The van der Waals surface area contributed by atoms with Crippen molar-refractivity contribution in [3.63, 3.8) is 0 Å². The molecule has 7 nitrogen and oxygen atoms in total. The molecule has 0 spiro atoms. The van der Waals surface area contributed by atoms with Crippen LogP contribution in [0.15, 0.2) is 42.5 Å². The van der Waals surface area contributed by atoms with Gasteiger partial charge >= 0.3 is 0 Å². The maximum Gasteiger partial charge on any atom is 0.271 e. The first-order chi connectivity index (χ1) is 10.2. The predicted octanol–water partition coefficient (Wildman–Crippen LogP) is 3.01. The van der Waals surface area contributed by atoms with Gasteiger partial charge in [0, 0.05) is 17.5 Å². The number of nitro benzene ring substituents is 1. The topological polar surface area (TPSA) is 100 Å². The molecule has 0 amide bonds. The highest BCUT2D eigenvalue weighted by Gasteiger charge is 2.14. The van der Waals surface area contributed by atoms with Gasteiger partial charge in [0.05, 0.1) is 21.5 Å². The van der Waals surface area contributed by atoms with E-state index in [1.54, 1.807) is 6.07 Å². The smallest absolute Gasteiger partial charge is 0.271 e. The summed E-state index contributed by atoms with van der Waals surface area (Å²) >= 11 is 0. The highest BCUT2D eigenvalue weighted by atomic mass is 16.6. The van der Waals surface area contributed by atoms with Gasteiger partial charge in [-0.2, -0.15) is 5.10 Å². The second-order valence-corrected chi connectivity index (χ2v) is 4.66. The number of aromatic nitrogens is 4. The first-order valence-corrected chi connectivity index (χ1v) is 6.30. The fraction of sp³-hybridized carbons (Fsp3) is 0. The third kappa shape index (κ3) is 1.75. The first kappa shape index (κ1) is 11.6. The zero-order valence-electron chi connectivity index (χ0n) is 10.7. The lowest BCUT2D eigenvalue weighted by atomic mass is 10.2. The van der Waals surface area contributed by atoms with Crippen LogP contribution in [-0.2, 0) is 0 Å². The Morgan fingerprint density at radius 2 is 1.95 bits per heavy atom. The predicted molar refractivity (Wildman–Crippen MR) is 77.8 cm³/mol. The summed E-state index contributed by atoms with van der Waals surface area (Å²) in [6, 6.07) is 12.3. The molecule has 7 heteroatoms. The number of nitrogens with one attached hydrogen (secondary N) is 2. The highest BCUT2D eigenvalue weighted by molar-refractivity contribution is 5.93. The molecule has 0 radical (unpaired) electrons. The number of imidazole rings is 1. The number of nitro groups is 1. The zero-order valence-corrected chi connectivity index (χ0v) is 10.7. The summed E-state index contributed by atoms with van der Waals surface area (Å²) < 4.78 is 0. The number of hydrogen-bond donors (Lipinski definition) is 2. The first-order valence-electron chi connectivity index (χ1n) is 6.30. The van der Waals surface area contributed by atoms with Crippen LogP contribution < -0.4 is 0 Å². The Kier molecular flexibility index (Phi) is 2.28. The lowest BCUT2D eigenvalue weighted by Crippen LogP contribution is -1.86. The van der Waals surface area contributed by atoms with Gasteiger partial charge in [0.15, 0.2) is 5.82 Å². The highest BCUT2D eigenvalue weighted by Crippen LogP contribution is 2.27. The number of nitrogens with zero attached hydrogens (tertiary/aromatic N) is 3. The molecule has 0 saturated heterocycles. The molecule has 2 N–H and O–H groups in total. The minimum absolute atomic E-state index is 0.0320. The summed E-state index contributed by atoms with van der Waals surface area (Å²) in [6.07, 6.45) is 0. The lowest BCUT2D eigenvalue weighted by molar-refractivity contribution is -0.384. The van der Waals surface area contributed by atoms with Gasteiger partial charge in [-0.1, -0.05) is 18.2 Å². The molecule has 0 unspecified atom stereocenters. The largest absolute Gasteiger partial charge is 0.336 e. The molecule has 0 saturated carbocycles. The van der Waals surface area contributed by atoms with E-state index >= 15 is 0 Å². The van der Waals surface area contributed by atoms with Crippen molar-refractivity contribution in [2.24, 2.45) is 0 Å². The van der Waals surface area contributed by atoms with Crippen molar-refractivity contribution in [2.75, 3.05) is 0 Å². The minimum Gasteiger partial charge on any atom is -0.336 e.